The summed E-state index contributed by atoms with van der Waals surface area (Å²) in [6.45, 7) is 9.46. The zero-order valence-corrected chi connectivity index (χ0v) is 14.5. The van der Waals surface area contributed by atoms with Crippen molar-refractivity contribution in [2.45, 2.75) is 6.42 Å². The van der Waals surface area contributed by atoms with Crippen molar-refractivity contribution in [3.8, 4) is 0 Å². The van der Waals surface area contributed by atoms with Crippen molar-refractivity contribution in [2.75, 3.05) is 44.7 Å². The Balaban J connectivity index is 1.49. The molecule has 6 nitrogen and oxygen atoms in total. The molecule has 1 aliphatic heterocycles. The number of H-pyrrole nitrogens is 1. The van der Waals surface area contributed by atoms with E-state index in [0.29, 0.717) is 9.20 Å². The summed E-state index contributed by atoms with van der Waals surface area (Å²) in [6.07, 6.45) is 4.72. The molecule has 0 aromatic carbocycles. The van der Waals surface area contributed by atoms with Crippen LogP contribution in [0.3, 0.4) is 0 Å². The zero-order valence-electron chi connectivity index (χ0n) is 12.8. The maximum atomic E-state index is 11.7. The molecule has 8 heteroatoms. The van der Waals surface area contributed by atoms with E-state index in [2.05, 4.69) is 26.8 Å². The summed E-state index contributed by atoms with van der Waals surface area (Å²) in [5.41, 5.74) is -0.0894. The summed E-state index contributed by atoms with van der Waals surface area (Å²) in [5.74, 6) is 0. The number of nitrogens with one attached hydrogen (secondary N) is 2. The van der Waals surface area contributed by atoms with Crippen LogP contribution < -0.4 is 20.1 Å². The maximum absolute atomic E-state index is 11.7. The Labute approximate surface area is 142 Å². The van der Waals surface area contributed by atoms with Crippen LogP contribution in [0.25, 0.3) is 12.7 Å². The number of aromatic amines is 1. The van der Waals surface area contributed by atoms with Gasteiger partial charge >= 0.3 is 0 Å². The third-order valence-corrected chi connectivity index (χ3v) is 5.31. The fraction of sp³-hybridized carbons (Fsp3) is 0.467. The number of hydrogen-bond donors (Lipinski definition) is 2. The summed E-state index contributed by atoms with van der Waals surface area (Å²) in [4.78, 5) is 22.1. The molecule has 1 saturated heterocycles. The summed E-state index contributed by atoms with van der Waals surface area (Å²) < 4.78 is 6.68. The largest absolute Gasteiger partial charge is 0.379 e. The third kappa shape index (κ3) is 4.74. The third-order valence-electron chi connectivity index (χ3n) is 3.54. The van der Waals surface area contributed by atoms with Gasteiger partial charge in [-0.15, -0.1) is 11.3 Å². The van der Waals surface area contributed by atoms with E-state index in [-0.39, 0.29) is 5.56 Å². The number of aromatic nitrogens is 2. The SMILES string of the molecule is C=c1[nH]c(=O)/c(=C/c2cnc(NCCCN3CCOCC3)s2)s1. The first-order chi connectivity index (χ1) is 11.2. The van der Waals surface area contributed by atoms with Crippen LogP contribution in [0, 0.1) is 0 Å². The van der Waals surface area contributed by atoms with Gasteiger partial charge in [0.1, 0.15) is 0 Å². The second kappa shape index (κ2) is 7.87. The Hall–Kier alpha value is -1.48. The van der Waals surface area contributed by atoms with E-state index in [4.69, 9.17) is 4.74 Å². The fourth-order valence-corrected chi connectivity index (χ4v) is 3.97. The Morgan fingerprint density at radius 2 is 2.26 bits per heavy atom. The number of thiazole rings is 2. The van der Waals surface area contributed by atoms with Crippen LogP contribution in [0.4, 0.5) is 5.13 Å². The average molecular weight is 352 g/mol. The molecule has 1 fully saturated rings. The number of morpholine rings is 1. The molecular weight excluding hydrogens is 332 g/mol. The molecule has 0 unspecified atom stereocenters. The van der Waals surface area contributed by atoms with Crippen LogP contribution >= 0.6 is 22.7 Å². The minimum Gasteiger partial charge on any atom is -0.379 e. The Bertz CT molecular complexity index is 789. The molecule has 0 amide bonds. The van der Waals surface area contributed by atoms with Crippen LogP contribution in [-0.2, 0) is 4.74 Å². The van der Waals surface area contributed by atoms with E-state index in [1.165, 1.54) is 11.3 Å². The lowest BCUT2D eigenvalue weighted by Crippen LogP contribution is -2.37. The molecule has 0 spiro atoms. The van der Waals surface area contributed by atoms with Crippen molar-refractivity contribution in [1.82, 2.24) is 14.9 Å². The van der Waals surface area contributed by atoms with Crippen molar-refractivity contribution in [1.29, 1.82) is 0 Å². The highest BCUT2D eigenvalue weighted by Gasteiger charge is 2.09. The highest BCUT2D eigenvalue weighted by Crippen LogP contribution is 2.18. The molecule has 3 rings (SSSR count). The second-order valence-corrected chi connectivity index (χ2v) is 7.49. The summed E-state index contributed by atoms with van der Waals surface area (Å²) in [7, 11) is 0. The molecular formula is C15H20N4O2S2. The van der Waals surface area contributed by atoms with Crippen LogP contribution in [0.5, 0.6) is 0 Å². The van der Waals surface area contributed by atoms with Gasteiger partial charge in [0.2, 0.25) is 0 Å². The summed E-state index contributed by atoms with van der Waals surface area (Å²) in [6, 6.07) is 0. The van der Waals surface area contributed by atoms with Gasteiger partial charge in [-0.3, -0.25) is 9.69 Å². The molecule has 23 heavy (non-hydrogen) atoms. The van der Waals surface area contributed by atoms with Crippen LogP contribution in [0.15, 0.2) is 11.0 Å². The monoisotopic (exact) mass is 352 g/mol. The van der Waals surface area contributed by atoms with Gasteiger partial charge in [0.25, 0.3) is 5.56 Å². The van der Waals surface area contributed by atoms with Gasteiger partial charge in [-0.05, 0) is 19.0 Å². The van der Waals surface area contributed by atoms with E-state index >= 15 is 0 Å². The minimum absolute atomic E-state index is 0.0894. The molecule has 0 radical (unpaired) electrons. The molecule has 124 valence electrons. The van der Waals surface area contributed by atoms with Gasteiger partial charge in [-0.1, -0.05) is 17.9 Å². The molecule has 1 aliphatic rings. The number of hydrogen-bond acceptors (Lipinski definition) is 7. The smallest absolute Gasteiger partial charge is 0.266 e. The van der Waals surface area contributed by atoms with E-state index < -0.39 is 0 Å². The molecule has 2 aromatic heterocycles. The van der Waals surface area contributed by atoms with Gasteiger partial charge in [-0.2, -0.15) is 0 Å². The first-order valence-corrected chi connectivity index (χ1v) is 9.23. The van der Waals surface area contributed by atoms with Gasteiger partial charge < -0.3 is 15.0 Å². The normalized spacial score (nSPS) is 16.8. The van der Waals surface area contributed by atoms with Crippen molar-refractivity contribution in [3.05, 3.63) is 30.6 Å². The Morgan fingerprint density at radius 1 is 1.43 bits per heavy atom. The molecule has 0 saturated carbocycles. The number of nitrogens with zero attached hydrogens (tertiary/aromatic N) is 2. The number of ether oxygens (including phenoxy) is 1. The highest BCUT2D eigenvalue weighted by molar-refractivity contribution is 7.16. The lowest BCUT2D eigenvalue weighted by molar-refractivity contribution is 0.0378. The quantitative estimate of drug-likeness (QED) is 0.730. The zero-order chi connectivity index (χ0) is 16.1. The predicted octanol–water partition coefficient (Wildman–Crippen LogP) is 0.266. The van der Waals surface area contributed by atoms with E-state index in [1.54, 1.807) is 17.5 Å². The molecule has 0 atom stereocenters. The van der Waals surface area contributed by atoms with Crippen molar-refractivity contribution >= 4 is 40.5 Å². The van der Waals surface area contributed by atoms with Crippen LogP contribution in [-0.4, -0.2) is 54.3 Å². The van der Waals surface area contributed by atoms with Gasteiger partial charge in [0, 0.05) is 25.8 Å². The molecule has 0 aliphatic carbocycles. The Kier molecular flexibility index (Phi) is 5.60. The number of rotatable bonds is 6. The first kappa shape index (κ1) is 16.4. The van der Waals surface area contributed by atoms with E-state index in [9.17, 15) is 4.79 Å². The molecule has 0 bridgehead atoms. The Morgan fingerprint density at radius 3 is 3.00 bits per heavy atom. The van der Waals surface area contributed by atoms with Gasteiger partial charge in [0.15, 0.2) is 5.13 Å². The van der Waals surface area contributed by atoms with Crippen LogP contribution in [0.1, 0.15) is 11.3 Å². The predicted molar refractivity (Wildman–Crippen MR) is 95.8 cm³/mol. The minimum atomic E-state index is -0.0894. The van der Waals surface area contributed by atoms with E-state index in [1.807, 2.05) is 6.08 Å². The van der Waals surface area contributed by atoms with Gasteiger partial charge in [0.05, 0.1) is 27.3 Å². The number of anilines is 1. The standard InChI is InChI=1S/C15H20N4O2S2/c1-11-18-14(20)13(22-11)9-12-10-17-15(23-12)16-3-2-4-19-5-7-21-8-6-19/h9-10H,1-8H2,(H,16,17)(H,18,20)/b13-9-. The fourth-order valence-electron chi connectivity index (χ4n) is 2.37. The second-order valence-electron chi connectivity index (χ2n) is 5.29. The van der Waals surface area contributed by atoms with E-state index in [0.717, 1.165) is 55.8 Å². The molecule has 3 heterocycles. The highest BCUT2D eigenvalue weighted by atomic mass is 32.1. The summed E-state index contributed by atoms with van der Waals surface area (Å²) >= 11 is 2.92. The topological polar surface area (TPSA) is 70.2 Å². The van der Waals surface area contributed by atoms with Crippen molar-refractivity contribution < 1.29 is 4.74 Å². The summed E-state index contributed by atoms with van der Waals surface area (Å²) in [5, 5.41) is 4.23. The van der Waals surface area contributed by atoms with Crippen LogP contribution in [0.2, 0.25) is 0 Å². The maximum Gasteiger partial charge on any atom is 0.266 e. The average Bonchev–Trinajstić information content (AvgIpc) is 3.12. The van der Waals surface area contributed by atoms with Crippen molar-refractivity contribution in [2.24, 2.45) is 0 Å². The lowest BCUT2D eigenvalue weighted by Gasteiger charge is -2.26. The van der Waals surface area contributed by atoms with Crippen molar-refractivity contribution in [3.63, 3.8) is 0 Å². The van der Waals surface area contributed by atoms with Gasteiger partial charge in [-0.25, -0.2) is 4.98 Å². The first-order valence-electron chi connectivity index (χ1n) is 7.60. The lowest BCUT2D eigenvalue weighted by atomic mass is 10.3. The molecule has 2 aromatic rings. The molecule has 2 N–H and O–H groups in total.